The van der Waals surface area contributed by atoms with Gasteiger partial charge in [0.1, 0.15) is 5.69 Å². The molecule has 188 valence electrons. The van der Waals surface area contributed by atoms with Gasteiger partial charge in [-0.2, -0.15) is 5.10 Å². The van der Waals surface area contributed by atoms with E-state index in [4.69, 9.17) is 0 Å². The van der Waals surface area contributed by atoms with Gasteiger partial charge in [0.05, 0.1) is 29.9 Å². The van der Waals surface area contributed by atoms with Crippen LogP contribution in [0.15, 0.2) is 101 Å². The Morgan fingerprint density at radius 3 is 2.03 bits per heavy atom. The number of nitrogens with zero attached hydrogens (tertiary/aromatic N) is 7. The monoisotopic (exact) mass is 507 g/mol. The maximum atomic E-state index is 13.6. The molecule has 0 radical (unpaired) electrons. The molecule has 38 heavy (non-hydrogen) atoms. The first-order chi connectivity index (χ1) is 18.5. The molecule has 0 aliphatic heterocycles. The van der Waals surface area contributed by atoms with Crippen LogP contribution >= 0.6 is 0 Å². The standard InChI is InChI=1S/C27H21N7O4/c35-26-25(34(37)38)24(7-6-22-16-30-33(19-22)23-4-2-1-3-5-23)31(17-20-8-12-28-13-9-20)27(36)32(26)18-21-10-14-29-15-11-21/h1-16,19H,17-18H2/b7-6+. The predicted octanol–water partition coefficient (Wildman–Crippen LogP) is 3.16. The highest BCUT2D eigenvalue weighted by molar-refractivity contribution is 5.71. The lowest BCUT2D eigenvalue weighted by atomic mass is 10.2. The van der Waals surface area contributed by atoms with E-state index in [0.29, 0.717) is 16.7 Å². The summed E-state index contributed by atoms with van der Waals surface area (Å²) in [5.74, 6) is 0. The molecule has 0 N–H and O–H groups in total. The molecule has 0 bridgehead atoms. The van der Waals surface area contributed by atoms with Crippen molar-refractivity contribution in [3.05, 3.63) is 145 Å². The Balaban J connectivity index is 1.64. The lowest BCUT2D eigenvalue weighted by Gasteiger charge is -2.14. The first-order valence-corrected chi connectivity index (χ1v) is 11.6. The van der Waals surface area contributed by atoms with Gasteiger partial charge in [-0.25, -0.2) is 14.0 Å². The fourth-order valence-corrected chi connectivity index (χ4v) is 4.00. The molecule has 11 nitrogen and oxygen atoms in total. The minimum absolute atomic E-state index is 0.00176. The zero-order valence-corrected chi connectivity index (χ0v) is 20.0. The molecule has 0 amide bonds. The number of nitro groups is 1. The number of benzene rings is 1. The molecule has 0 aliphatic carbocycles. The van der Waals surface area contributed by atoms with Crippen LogP contribution in [-0.2, 0) is 13.1 Å². The van der Waals surface area contributed by atoms with Crippen LogP contribution in [0.4, 0.5) is 5.69 Å². The van der Waals surface area contributed by atoms with Crippen molar-refractivity contribution in [3.8, 4) is 5.69 Å². The third-order valence-corrected chi connectivity index (χ3v) is 5.86. The Hall–Kier alpha value is -5.45. The van der Waals surface area contributed by atoms with Gasteiger partial charge < -0.3 is 0 Å². The van der Waals surface area contributed by atoms with Crippen LogP contribution in [0, 0.1) is 10.1 Å². The minimum Gasteiger partial charge on any atom is -0.283 e. The molecule has 0 spiro atoms. The van der Waals surface area contributed by atoms with E-state index in [1.165, 1.54) is 23.0 Å². The average Bonchev–Trinajstić information content (AvgIpc) is 3.42. The Morgan fingerprint density at radius 2 is 1.42 bits per heavy atom. The van der Waals surface area contributed by atoms with Crippen LogP contribution in [0.1, 0.15) is 22.4 Å². The minimum atomic E-state index is -0.984. The van der Waals surface area contributed by atoms with Gasteiger partial charge in [-0.3, -0.25) is 29.4 Å². The van der Waals surface area contributed by atoms with Crippen LogP contribution in [0.3, 0.4) is 0 Å². The topological polar surface area (TPSA) is 131 Å². The van der Waals surface area contributed by atoms with Gasteiger partial charge in [-0.15, -0.1) is 0 Å². The van der Waals surface area contributed by atoms with Crippen LogP contribution < -0.4 is 11.2 Å². The van der Waals surface area contributed by atoms with Crippen LogP contribution in [-0.4, -0.2) is 33.8 Å². The van der Waals surface area contributed by atoms with Crippen molar-refractivity contribution in [1.29, 1.82) is 0 Å². The summed E-state index contributed by atoms with van der Waals surface area (Å²) in [6, 6.07) is 16.1. The van der Waals surface area contributed by atoms with Crippen LogP contribution in [0.2, 0.25) is 0 Å². The SMILES string of the molecule is O=c1c([N+](=O)[O-])c(/C=C/c2cnn(-c3ccccc3)c2)n(Cc2ccncc2)c(=O)n1Cc1ccncc1. The van der Waals surface area contributed by atoms with Crippen molar-refractivity contribution in [2.75, 3.05) is 0 Å². The molecule has 0 saturated carbocycles. The van der Waals surface area contributed by atoms with Crippen molar-refractivity contribution in [1.82, 2.24) is 28.9 Å². The van der Waals surface area contributed by atoms with Gasteiger partial charge in [0.15, 0.2) is 0 Å². The van der Waals surface area contributed by atoms with Crippen molar-refractivity contribution in [2.24, 2.45) is 0 Å². The maximum Gasteiger partial charge on any atom is 0.357 e. The largest absolute Gasteiger partial charge is 0.357 e. The van der Waals surface area contributed by atoms with Gasteiger partial charge in [0.25, 0.3) is 0 Å². The van der Waals surface area contributed by atoms with E-state index in [1.54, 1.807) is 59.8 Å². The van der Waals surface area contributed by atoms with Gasteiger partial charge in [0, 0.05) is 36.5 Å². The molecule has 1 aromatic carbocycles. The molecule has 0 atom stereocenters. The second kappa shape index (κ2) is 10.7. The molecule has 0 aliphatic rings. The zero-order chi connectivity index (χ0) is 26.5. The van der Waals surface area contributed by atoms with E-state index in [1.807, 2.05) is 30.3 Å². The molecule has 4 heterocycles. The third-order valence-electron chi connectivity index (χ3n) is 5.86. The van der Waals surface area contributed by atoms with Crippen molar-refractivity contribution >= 4 is 17.8 Å². The van der Waals surface area contributed by atoms with Crippen molar-refractivity contribution in [2.45, 2.75) is 13.1 Å². The van der Waals surface area contributed by atoms with Gasteiger partial charge >= 0.3 is 16.9 Å². The third kappa shape index (κ3) is 5.07. The highest BCUT2D eigenvalue weighted by Crippen LogP contribution is 2.18. The van der Waals surface area contributed by atoms with Crippen LogP contribution in [0.25, 0.3) is 17.8 Å². The molecule has 0 saturated heterocycles. The smallest absolute Gasteiger partial charge is 0.283 e. The fourth-order valence-electron chi connectivity index (χ4n) is 4.00. The quantitative estimate of drug-likeness (QED) is 0.233. The first-order valence-electron chi connectivity index (χ1n) is 11.6. The van der Waals surface area contributed by atoms with E-state index in [0.717, 1.165) is 10.3 Å². The summed E-state index contributed by atoms with van der Waals surface area (Å²) in [7, 11) is 0. The molecule has 4 aromatic heterocycles. The normalized spacial score (nSPS) is 11.2. The summed E-state index contributed by atoms with van der Waals surface area (Å²) in [6.45, 7) is -0.132. The molecular formula is C27H21N7O4. The van der Waals surface area contributed by atoms with Gasteiger partial charge in [-0.05, 0) is 59.7 Å². The number of aromatic nitrogens is 6. The highest BCUT2D eigenvalue weighted by atomic mass is 16.6. The van der Waals surface area contributed by atoms with Crippen molar-refractivity contribution < 1.29 is 4.92 Å². The number of para-hydroxylation sites is 1. The second-order valence-corrected chi connectivity index (χ2v) is 8.35. The molecular weight excluding hydrogens is 486 g/mol. The number of pyridine rings is 2. The second-order valence-electron chi connectivity index (χ2n) is 8.35. The summed E-state index contributed by atoms with van der Waals surface area (Å²) < 4.78 is 3.76. The summed E-state index contributed by atoms with van der Waals surface area (Å²) >= 11 is 0. The summed E-state index contributed by atoms with van der Waals surface area (Å²) in [4.78, 5) is 46.3. The summed E-state index contributed by atoms with van der Waals surface area (Å²) in [5, 5.41) is 16.5. The highest BCUT2D eigenvalue weighted by Gasteiger charge is 2.26. The molecule has 11 heteroatoms. The number of rotatable bonds is 8. The fraction of sp³-hybridized carbons (Fsp3) is 0.0741. The Kier molecular flexibility index (Phi) is 6.81. The Bertz CT molecular complexity index is 1720. The van der Waals surface area contributed by atoms with E-state index >= 15 is 0 Å². The van der Waals surface area contributed by atoms with Crippen molar-refractivity contribution in [3.63, 3.8) is 0 Å². The Labute approximate surface area is 215 Å². The molecule has 0 fully saturated rings. The van der Waals surface area contributed by atoms with Gasteiger partial charge in [-0.1, -0.05) is 18.2 Å². The lowest BCUT2D eigenvalue weighted by molar-refractivity contribution is -0.387. The number of hydrogen-bond acceptors (Lipinski definition) is 7. The Morgan fingerprint density at radius 1 is 0.816 bits per heavy atom. The van der Waals surface area contributed by atoms with Crippen LogP contribution in [0.5, 0.6) is 0 Å². The number of hydrogen-bond donors (Lipinski definition) is 0. The summed E-state index contributed by atoms with van der Waals surface area (Å²) in [6.07, 6.45) is 12.5. The van der Waals surface area contributed by atoms with E-state index in [-0.39, 0.29) is 18.8 Å². The lowest BCUT2D eigenvalue weighted by Crippen LogP contribution is -2.42. The van der Waals surface area contributed by atoms with E-state index < -0.39 is 21.9 Å². The molecule has 0 unspecified atom stereocenters. The molecule has 5 aromatic rings. The average molecular weight is 508 g/mol. The maximum absolute atomic E-state index is 13.6. The van der Waals surface area contributed by atoms with E-state index in [9.17, 15) is 19.7 Å². The van der Waals surface area contributed by atoms with E-state index in [2.05, 4.69) is 15.1 Å². The van der Waals surface area contributed by atoms with Gasteiger partial charge in [0.2, 0.25) is 0 Å². The first kappa shape index (κ1) is 24.3. The summed E-state index contributed by atoms with van der Waals surface area (Å²) in [5.41, 5.74) is 0.312. The predicted molar refractivity (Wildman–Crippen MR) is 141 cm³/mol. The molecule has 5 rings (SSSR count). The zero-order valence-electron chi connectivity index (χ0n) is 20.0.